The van der Waals surface area contributed by atoms with Crippen LogP contribution in [0.2, 0.25) is 0 Å². The zero-order valence-electron chi connectivity index (χ0n) is 11.5. The number of hydrogen-bond donors (Lipinski definition) is 1. The average Bonchev–Trinajstić information content (AvgIpc) is 2.40. The van der Waals surface area contributed by atoms with E-state index in [-0.39, 0.29) is 0 Å². The van der Waals surface area contributed by atoms with Crippen molar-refractivity contribution < 1.29 is 0 Å². The van der Waals surface area contributed by atoms with Crippen LogP contribution in [0.15, 0.2) is 22.7 Å². The molecule has 0 aromatic heterocycles. The lowest BCUT2D eigenvalue weighted by Crippen LogP contribution is -2.08. The summed E-state index contributed by atoms with van der Waals surface area (Å²) in [7, 11) is 0. The van der Waals surface area contributed by atoms with Gasteiger partial charge in [0.25, 0.3) is 0 Å². The van der Waals surface area contributed by atoms with Gasteiger partial charge in [-0.25, -0.2) is 0 Å². The Bertz CT molecular complexity index is 271. The van der Waals surface area contributed by atoms with Crippen molar-refractivity contribution in [2.24, 2.45) is 5.92 Å². The van der Waals surface area contributed by atoms with Crippen LogP contribution in [0.3, 0.4) is 0 Å². The van der Waals surface area contributed by atoms with Gasteiger partial charge in [0.2, 0.25) is 0 Å². The summed E-state index contributed by atoms with van der Waals surface area (Å²) in [6.07, 6.45) is 20.1. The van der Waals surface area contributed by atoms with Crippen LogP contribution < -0.4 is 5.32 Å². The third-order valence-electron chi connectivity index (χ3n) is 4.10. The van der Waals surface area contributed by atoms with E-state index in [1.807, 2.05) is 18.0 Å². The van der Waals surface area contributed by atoms with E-state index in [9.17, 15) is 0 Å². The smallest absolute Gasteiger partial charge is 0.0107 e. The third-order valence-corrected chi connectivity index (χ3v) is 5.10. The molecule has 1 nitrogen and oxygen atoms in total. The third kappa shape index (κ3) is 5.09. The number of hydrogen-bond acceptors (Lipinski definition) is 2. The highest BCUT2D eigenvalue weighted by Gasteiger charge is 2.15. The molecule has 0 aromatic carbocycles. The van der Waals surface area contributed by atoms with Crippen LogP contribution in [-0.2, 0) is 0 Å². The van der Waals surface area contributed by atoms with Crippen molar-refractivity contribution >= 4 is 11.8 Å². The molecule has 0 radical (unpaired) electrons. The Hall–Kier alpha value is -0.370. The van der Waals surface area contributed by atoms with Gasteiger partial charge in [0.1, 0.15) is 0 Å². The van der Waals surface area contributed by atoms with Crippen molar-refractivity contribution in [1.82, 2.24) is 5.32 Å². The molecule has 1 N–H and O–H groups in total. The maximum atomic E-state index is 3.26. The molecule has 2 heteroatoms. The second-order valence-electron chi connectivity index (χ2n) is 5.59. The SMILES string of the molecule is C1=CSC(C2CCCCCCCCCCC2)=CN1. The summed E-state index contributed by atoms with van der Waals surface area (Å²) >= 11 is 1.93. The molecule has 18 heavy (non-hydrogen) atoms. The standard InChI is InChI=1S/C16H27NS/c1-2-4-6-8-10-15(11-9-7-5-3-1)16-14-17-12-13-18-16/h12-15,17H,1-11H2. The predicted molar refractivity (Wildman–Crippen MR) is 82.2 cm³/mol. The van der Waals surface area contributed by atoms with Gasteiger partial charge in [-0.1, -0.05) is 69.5 Å². The van der Waals surface area contributed by atoms with Crippen LogP contribution in [-0.4, -0.2) is 0 Å². The predicted octanol–water partition coefficient (Wildman–Crippen LogP) is 5.56. The van der Waals surface area contributed by atoms with E-state index >= 15 is 0 Å². The Labute approximate surface area is 116 Å². The topological polar surface area (TPSA) is 12.0 Å². The lowest BCUT2D eigenvalue weighted by Gasteiger charge is -2.21. The minimum atomic E-state index is 0.812. The summed E-state index contributed by atoms with van der Waals surface area (Å²) < 4.78 is 0. The fourth-order valence-electron chi connectivity index (χ4n) is 2.98. The van der Waals surface area contributed by atoms with Crippen molar-refractivity contribution in [3.05, 3.63) is 22.7 Å². The van der Waals surface area contributed by atoms with Crippen molar-refractivity contribution in [2.45, 2.75) is 70.6 Å². The number of rotatable bonds is 1. The van der Waals surface area contributed by atoms with Crippen LogP contribution >= 0.6 is 11.8 Å². The maximum absolute atomic E-state index is 3.26. The largest absolute Gasteiger partial charge is 0.366 e. The van der Waals surface area contributed by atoms with Gasteiger partial charge in [-0.05, 0) is 24.2 Å². The molecule has 2 rings (SSSR count). The van der Waals surface area contributed by atoms with E-state index < -0.39 is 0 Å². The summed E-state index contributed by atoms with van der Waals surface area (Å²) in [5.41, 5.74) is 0. The highest BCUT2D eigenvalue weighted by Crippen LogP contribution is 2.34. The van der Waals surface area contributed by atoms with Gasteiger partial charge >= 0.3 is 0 Å². The summed E-state index contributed by atoms with van der Waals surface area (Å²) in [6.45, 7) is 0. The maximum Gasteiger partial charge on any atom is 0.0107 e. The van der Waals surface area contributed by atoms with E-state index in [0.717, 1.165) is 5.92 Å². The highest BCUT2D eigenvalue weighted by atomic mass is 32.2. The summed E-state index contributed by atoms with van der Waals surface area (Å²) in [4.78, 5) is 1.56. The van der Waals surface area contributed by atoms with Crippen LogP contribution in [0.25, 0.3) is 0 Å². The Balaban J connectivity index is 1.82. The van der Waals surface area contributed by atoms with Gasteiger partial charge in [-0.15, -0.1) is 0 Å². The zero-order valence-corrected chi connectivity index (χ0v) is 12.3. The van der Waals surface area contributed by atoms with Crippen LogP contribution in [0, 0.1) is 5.92 Å². The molecule has 0 unspecified atom stereocenters. The monoisotopic (exact) mass is 265 g/mol. The summed E-state index contributed by atoms with van der Waals surface area (Å²) in [5.74, 6) is 0.812. The second-order valence-corrected chi connectivity index (χ2v) is 6.57. The molecule has 0 aromatic rings. The molecule has 0 saturated heterocycles. The Morgan fingerprint density at radius 1 is 0.833 bits per heavy atom. The van der Waals surface area contributed by atoms with E-state index in [1.165, 1.54) is 70.6 Å². The highest BCUT2D eigenvalue weighted by molar-refractivity contribution is 8.05. The molecule has 1 aliphatic carbocycles. The lowest BCUT2D eigenvalue weighted by atomic mass is 9.92. The molecule has 0 bridgehead atoms. The molecule has 102 valence electrons. The number of allylic oxidation sites excluding steroid dienone is 1. The quantitative estimate of drug-likeness (QED) is 0.666. The van der Waals surface area contributed by atoms with E-state index in [1.54, 1.807) is 4.91 Å². The van der Waals surface area contributed by atoms with Crippen molar-refractivity contribution in [1.29, 1.82) is 0 Å². The Kier molecular flexibility index (Phi) is 6.78. The van der Waals surface area contributed by atoms with Crippen LogP contribution in [0.5, 0.6) is 0 Å². The summed E-state index contributed by atoms with van der Waals surface area (Å²) in [5, 5.41) is 5.44. The first-order valence-electron chi connectivity index (χ1n) is 7.74. The zero-order chi connectivity index (χ0) is 12.5. The van der Waals surface area contributed by atoms with E-state index in [4.69, 9.17) is 0 Å². The van der Waals surface area contributed by atoms with Gasteiger partial charge < -0.3 is 5.32 Å². The minimum absolute atomic E-state index is 0.812. The first-order valence-corrected chi connectivity index (χ1v) is 8.62. The fraction of sp³-hybridized carbons (Fsp3) is 0.750. The van der Waals surface area contributed by atoms with Gasteiger partial charge in [-0.3, -0.25) is 0 Å². The molecule has 1 fully saturated rings. The minimum Gasteiger partial charge on any atom is -0.366 e. The van der Waals surface area contributed by atoms with Crippen molar-refractivity contribution in [2.75, 3.05) is 0 Å². The van der Waals surface area contributed by atoms with Gasteiger partial charge in [0.15, 0.2) is 0 Å². The first-order chi connectivity index (χ1) is 8.97. The summed E-state index contributed by atoms with van der Waals surface area (Å²) in [6, 6.07) is 0. The van der Waals surface area contributed by atoms with Crippen molar-refractivity contribution in [3.63, 3.8) is 0 Å². The Morgan fingerprint density at radius 2 is 1.39 bits per heavy atom. The molecular formula is C16H27NS. The molecular weight excluding hydrogens is 238 g/mol. The molecule has 0 atom stereocenters. The average molecular weight is 265 g/mol. The van der Waals surface area contributed by atoms with E-state index in [2.05, 4.69) is 16.9 Å². The fourth-order valence-corrected chi connectivity index (χ4v) is 3.85. The molecule has 2 aliphatic rings. The van der Waals surface area contributed by atoms with E-state index in [0.29, 0.717) is 0 Å². The molecule has 1 saturated carbocycles. The normalized spacial score (nSPS) is 24.6. The number of thioether (sulfide) groups is 1. The van der Waals surface area contributed by atoms with Crippen LogP contribution in [0.4, 0.5) is 0 Å². The second kappa shape index (κ2) is 8.68. The van der Waals surface area contributed by atoms with Gasteiger partial charge in [0, 0.05) is 17.3 Å². The first kappa shape index (κ1) is 14.0. The number of nitrogens with one attached hydrogen (secondary N) is 1. The molecule has 1 aliphatic heterocycles. The van der Waals surface area contributed by atoms with Gasteiger partial charge in [0.05, 0.1) is 0 Å². The Morgan fingerprint density at radius 3 is 1.89 bits per heavy atom. The van der Waals surface area contributed by atoms with Crippen LogP contribution in [0.1, 0.15) is 70.6 Å². The molecule has 1 heterocycles. The van der Waals surface area contributed by atoms with Gasteiger partial charge in [-0.2, -0.15) is 0 Å². The molecule has 0 amide bonds. The molecule has 0 spiro atoms. The van der Waals surface area contributed by atoms with Crippen molar-refractivity contribution in [3.8, 4) is 0 Å². The lowest BCUT2D eigenvalue weighted by molar-refractivity contribution is 0.445.